The van der Waals surface area contributed by atoms with Crippen LogP contribution in [0.3, 0.4) is 0 Å². The molecule has 0 atom stereocenters. The Morgan fingerprint density at radius 3 is 1.16 bits per heavy atom. The first-order valence-corrected chi connectivity index (χ1v) is 51.8. The van der Waals surface area contributed by atoms with Gasteiger partial charge >= 0.3 is 0 Å². The van der Waals surface area contributed by atoms with Crippen LogP contribution >= 0.6 is 0 Å². The summed E-state index contributed by atoms with van der Waals surface area (Å²) in [5.74, 6) is 1.01. The second kappa shape index (κ2) is 39.5. The fraction of sp³-hybridized carbons (Fsp3) is 0.173. The molecule has 13 heterocycles. The van der Waals surface area contributed by atoms with Gasteiger partial charge in [-0.05, 0) is 272 Å². The molecule has 730 valence electrons. The van der Waals surface area contributed by atoms with Crippen LogP contribution in [0.15, 0.2) is 370 Å². The monoisotopic (exact) mass is 1940 g/mol. The third kappa shape index (κ3) is 17.2. The minimum atomic E-state index is 0.896. The zero-order valence-corrected chi connectivity index (χ0v) is 85.2. The summed E-state index contributed by atoms with van der Waals surface area (Å²) in [7, 11) is 1.97. The van der Waals surface area contributed by atoms with E-state index in [1.807, 2.05) is 67.6 Å². The number of nitrogens with zero attached hydrogens (tertiary/aromatic N) is 18. The molecule has 14 aromatic carbocycles. The van der Waals surface area contributed by atoms with Crippen LogP contribution in [0, 0.1) is 13.8 Å². The summed E-state index contributed by atoms with van der Waals surface area (Å²) in [6.45, 7) is 29.0. The van der Waals surface area contributed by atoms with Crippen molar-refractivity contribution in [2.24, 2.45) is 7.05 Å². The lowest BCUT2D eigenvalue weighted by Gasteiger charge is -2.27. The summed E-state index contributed by atoms with van der Waals surface area (Å²) in [6.07, 6.45) is 14.3. The quantitative estimate of drug-likeness (QED) is 0.0751. The van der Waals surface area contributed by atoms with Crippen LogP contribution in [0.4, 0.5) is 0 Å². The highest BCUT2D eigenvalue weighted by Gasteiger charge is 2.24. The smallest absolute Gasteiger partial charge is 0.106 e. The third-order valence-electron chi connectivity index (χ3n) is 30.1. The summed E-state index contributed by atoms with van der Waals surface area (Å²) in [5.41, 5.74) is 40.7. The number of fused-ring (bicyclic) bond motifs is 16. The minimum absolute atomic E-state index is 0.896. The van der Waals surface area contributed by atoms with Crippen molar-refractivity contribution in [1.29, 1.82) is 0 Å². The van der Waals surface area contributed by atoms with Crippen molar-refractivity contribution in [2.75, 3.05) is 32.7 Å². The molecule has 1 aliphatic heterocycles. The van der Waals surface area contributed by atoms with Crippen LogP contribution < -0.4 is 5.32 Å². The maximum absolute atomic E-state index is 4.69. The highest BCUT2D eigenvalue weighted by molar-refractivity contribution is 6.12. The Labute approximate surface area is 858 Å². The fourth-order valence-corrected chi connectivity index (χ4v) is 22.5. The number of H-pyrrole nitrogens is 2. The summed E-state index contributed by atoms with van der Waals surface area (Å²) in [5, 5.41) is 43.6. The van der Waals surface area contributed by atoms with Gasteiger partial charge in [-0.3, -0.25) is 4.68 Å². The fourth-order valence-electron chi connectivity index (χ4n) is 22.5. The maximum atomic E-state index is 4.69. The number of rotatable bonds is 18. The van der Waals surface area contributed by atoms with Crippen molar-refractivity contribution in [3.8, 4) is 84.7 Å². The zero-order valence-electron chi connectivity index (χ0n) is 85.2. The normalized spacial score (nSPS) is 12.8. The lowest BCUT2D eigenvalue weighted by molar-refractivity contribution is 0.244. The molecule has 12 aromatic heterocycles. The van der Waals surface area contributed by atoms with Crippen LogP contribution in [0.25, 0.3) is 210 Å². The molecule has 2 aliphatic rings. The molecule has 148 heavy (non-hydrogen) atoms. The van der Waals surface area contributed by atoms with Gasteiger partial charge in [-0.25, -0.2) is 28.4 Å². The number of benzene rings is 14. The zero-order chi connectivity index (χ0) is 100. The molecule has 0 bridgehead atoms. The van der Waals surface area contributed by atoms with E-state index in [2.05, 4.69) is 464 Å². The van der Waals surface area contributed by atoms with Crippen LogP contribution in [-0.2, 0) is 52.5 Å². The van der Waals surface area contributed by atoms with E-state index in [-0.39, 0.29) is 0 Å². The van der Waals surface area contributed by atoms with Gasteiger partial charge in [0.2, 0.25) is 0 Å². The molecule has 0 spiro atoms. The summed E-state index contributed by atoms with van der Waals surface area (Å²) in [6, 6.07) is 117. The first-order chi connectivity index (χ1) is 72.7. The van der Waals surface area contributed by atoms with Gasteiger partial charge in [-0.2, -0.15) is 30.6 Å². The minimum Gasteiger partial charge on any atom is -0.359 e. The van der Waals surface area contributed by atoms with Crippen molar-refractivity contribution >= 4 is 126 Å². The molecule has 0 saturated carbocycles. The van der Waals surface area contributed by atoms with E-state index >= 15 is 0 Å². The van der Waals surface area contributed by atoms with E-state index in [1.165, 1.54) is 143 Å². The van der Waals surface area contributed by atoms with Crippen LogP contribution in [0.1, 0.15) is 82.2 Å². The van der Waals surface area contributed by atoms with Gasteiger partial charge < -0.3 is 38.5 Å². The number of aromatic nitrogens is 19. The first kappa shape index (κ1) is 92.9. The average Bonchev–Trinajstić information content (AvgIpc) is 1.60. The average molecular weight is 1940 g/mol. The lowest BCUT2D eigenvalue weighted by atomic mass is 10.1. The Morgan fingerprint density at radius 2 is 0.703 bits per heavy atom. The van der Waals surface area contributed by atoms with Gasteiger partial charge in [0, 0.05) is 209 Å². The predicted molar refractivity (Wildman–Crippen MR) is 609 cm³/mol. The SMILES string of the molecule is CC1=C(C)c2cc(-n3nccc3-c3ccc(C)cc3)ccc2C1.CCc1nc2ccc(-c3ccnn3-c3ccc4c(c3)c3ccccc3n4CC)cc2[nH]1.CCn1c2ccccc2c2cc(-n3nccc3-c3ccc(CCN4CCNCC4)cc3)ccc21.CCn1c2ccccc2c2cc(-n3nccc3-c3ccc4[nH]c(C)cc4c3)ccc21.CCn1c2ccccc2c2cc(-n3nccc3-c3ccc4c(cnn4C)c3)ccc21. The van der Waals surface area contributed by atoms with Gasteiger partial charge in [-0.1, -0.05) is 164 Å². The van der Waals surface area contributed by atoms with Crippen LogP contribution in [-0.4, -0.2) is 130 Å². The molecule has 21 nitrogen and oxygen atoms in total. The second-order valence-electron chi connectivity index (χ2n) is 38.9. The van der Waals surface area contributed by atoms with Crippen molar-refractivity contribution in [3.05, 3.63) is 404 Å². The third-order valence-corrected chi connectivity index (χ3v) is 30.1. The predicted octanol–water partition coefficient (Wildman–Crippen LogP) is 28.4. The summed E-state index contributed by atoms with van der Waals surface area (Å²) < 4.78 is 21.6. The Balaban J connectivity index is 0.0000000992. The van der Waals surface area contributed by atoms with Gasteiger partial charge in [0.25, 0.3) is 0 Å². The number of nitrogens with one attached hydrogen (secondary N) is 3. The number of imidazole rings is 1. The van der Waals surface area contributed by atoms with E-state index < -0.39 is 0 Å². The molecule has 1 fully saturated rings. The maximum Gasteiger partial charge on any atom is 0.106 e. The topological polar surface area (TPSA) is 186 Å². The van der Waals surface area contributed by atoms with Gasteiger partial charge in [0.15, 0.2) is 0 Å². The summed E-state index contributed by atoms with van der Waals surface area (Å²) in [4.78, 5) is 14.0. The molecule has 1 aliphatic carbocycles. The van der Waals surface area contributed by atoms with E-state index in [4.69, 9.17) is 5.10 Å². The number of para-hydroxylation sites is 4. The number of allylic oxidation sites excluding steroid dienone is 2. The number of hydrogen-bond donors (Lipinski definition) is 3. The van der Waals surface area contributed by atoms with Crippen LogP contribution in [0.2, 0.25) is 0 Å². The Kier molecular flexibility index (Phi) is 24.8. The van der Waals surface area contributed by atoms with Crippen LogP contribution in [0.5, 0.6) is 0 Å². The molecule has 0 unspecified atom stereocenters. The number of aryl methyl sites for hydroxylation is 8. The number of aromatic amines is 2. The highest BCUT2D eigenvalue weighted by atomic mass is 15.3. The molecule has 26 aromatic rings. The number of hydrogen-bond acceptors (Lipinski definition) is 9. The largest absolute Gasteiger partial charge is 0.359 e. The molecule has 0 amide bonds. The highest BCUT2D eigenvalue weighted by Crippen LogP contribution is 2.41. The van der Waals surface area contributed by atoms with Gasteiger partial charge in [0.05, 0.1) is 111 Å². The molecule has 28 rings (SSSR count). The molecule has 21 heteroatoms. The summed E-state index contributed by atoms with van der Waals surface area (Å²) >= 11 is 0. The van der Waals surface area contributed by atoms with E-state index in [9.17, 15) is 0 Å². The van der Waals surface area contributed by atoms with E-state index in [0.717, 1.165) is 185 Å². The molecular weight excluding hydrogens is 1820 g/mol. The van der Waals surface area contributed by atoms with E-state index in [1.54, 1.807) is 0 Å². The Hall–Kier alpha value is -17.5. The Bertz CT molecular complexity index is 9320. The molecular formula is C127H117N21. The van der Waals surface area contributed by atoms with Gasteiger partial charge in [-0.15, -0.1) is 0 Å². The van der Waals surface area contributed by atoms with Crippen molar-refractivity contribution in [1.82, 2.24) is 102 Å². The lowest BCUT2D eigenvalue weighted by Crippen LogP contribution is -2.44. The van der Waals surface area contributed by atoms with Crippen molar-refractivity contribution in [2.45, 2.75) is 108 Å². The first-order valence-electron chi connectivity index (χ1n) is 51.8. The number of piperazine rings is 1. The molecule has 0 radical (unpaired) electrons. The molecule has 1 saturated heterocycles. The van der Waals surface area contributed by atoms with Crippen molar-refractivity contribution < 1.29 is 0 Å². The molecule has 3 N–H and O–H groups in total. The Morgan fingerprint density at radius 1 is 0.318 bits per heavy atom. The standard InChI is InChI=1S/C29H31N5.C26H23N5.C26H22N4.C25H21N5.C21H20N2/c1-2-33-28-6-4-3-5-25(28)26-21-24(11-12-29(26)33)34-27(13-15-31-34)23-9-7-22(8-10-23)14-18-32-19-16-30-17-20-32;1-3-26-28-21-11-9-17(15-22(21)29-26)23-13-14-27-31(23)18-10-12-25-20(16-18)19-7-5-6-8-24(19)30(25)4-2;1-3-29-25-7-5-4-6-21(25)22-16-20(9-11-26(22)29)30-24(12-13-27-30)18-8-10-23-19(15-18)14-17(2)28-23;1-3-29-24-7-5-4-6-20(24)21-15-19(9-11-25(21)29)30-23(12-13-26-30)17-8-10-22-18(14-17)16-27-28(22)2;1-14-4-6-17(7-5-14)21-10-11-22-23(21)19-9-8-18-12-15(2)16(3)20(18)13-19/h3-13,15,21,30H,2,14,16-20H2,1H3;5-16H,3-4H2,1-2H3,(H,28,29);4-16,28H,3H2,1-2H3;4-16H,3H2,1-2H3;4-11,13H,12H2,1-3H3. The van der Waals surface area contributed by atoms with Crippen molar-refractivity contribution in [3.63, 3.8) is 0 Å². The second-order valence-corrected chi connectivity index (χ2v) is 38.9. The van der Waals surface area contributed by atoms with Gasteiger partial charge in [0.1, 0.15) is 5.82 Å². The van der Waals surface area contributed by atoms with E-state index in [0.29, 0.717) is 0 Å².